The summed E-state index contributed by atoms with van der Waals surface area (Å²) < 4.78 is 1.37. The van der Waals surface area contributed by atoms with Crippen LogP contribution in [0.5, 0.6) is 0 Å². The fraction of sp³-hybridized carbons (Fsp3) is 0.588. The average molecular weight is 317 g/mol. The third-order valence-electron chi connectivity index (χ3n) is 4.81. The molecular formula is C17H23N3O3. The van der Waals surface area contributed by atoms with E-state index in [-0.39, 0.29) is 29.0 Å². The van der Waals surface area contributed by atoms with Crippen LogP contribution in [0.3, 0.4) is 0 Å². The van der Waals surface area contributed by atoms with Crippen molar-refractivity contribution in [3.8, 4) is 0 Å². The Kier molecular flexibility index (Phi) is 4.50. The number of carbonyl (C=O) groups excluding carboxylic acids is 2. The third kappa shape index (κ3) is 3.30. The smallest absolute Gasteiger partial charge is 0.274 e. The minimum atomic E-state index is -0.283. The van der Waals surface area contributed by atoms with Gasteiger partial charge in [-0.3, -0.25) is 14.4 Å². The van der Waals surface area contributed by atoms with Crippen LogP contribution in [0.25, 0.3) is 0 Å². The quantitative estimate of drug-likeness (QED) is 0.923. The SMILES string of the molecule is Cn1cc(C(=O)N2CCCC2)cc(NC(=O)C2CCCC2)c1=O. The van der Waals surface area contributed by atoms with Crippen molar-refractivity contribution in [2.75, 3.05) is 18.4 Å². The number of aromatic nitrogens is 1. The summed E-state index contributed by atoms with van der Waals surface area (Å²) >= 11 is 0. The predicted molar refractivity (Wildman–Crippen MR) is 87.4 cm³/mol. The van der Waals surface area contributed by atoms with Crippen molar-refractivity contribution in [1.82, 2.24) is 9.47 Å². The second kappa shape index (κ2) is 6.56. The molecule has 1 aliphatic carbocycles. The van der Waals surface area contributed by atoms with Crippen molar-refractivity contribution in [3.05, 3.63) is 28.2 Å². The molecule has 0 radical (unpaired) electrons. The molecule has 2 heterocycles. The first-order chi connectivity index (χ1) is 11.1. The summed E-state index contributed by atoms with van der Waals surface area (Å²) in [6.07, 6.45) is 7.45. The van der Waals surface area contributed by atoms with Gasteiger partial charge in [-0.1, -0.05) is 12.8 Å². The van der Waals surface area contributed by atoms with Gasteiger partial charge in [0.25, 0.3) is 11.5 Å². The number of carbonyl (C=O) groups is 2. The predicted octanol–water partition coefficient (Wildman–Crippen LogP) is 1.75. The molecule has 2 fully saturated rings. The van der Waals surface area contributed by atoms with Crippen LogP contribution in [0.2, 0.25) is 0 Å². The van der Waals surface area contributed by atoms with Gasteiger partial charge in [0.15, 0.2) is 0 Å². The molecule has 6 heteroatoms. The molecule has 0 aromatic carbocycles. The van der Waals surface area contributed by atoms with Crippen LogP contribution in [0.4, 0.5) is 5.69 Å². The molecular weight excluding hydrogens is 294 g/mol. The Hall–Kier alpha value is -2.11. The number of rotatable bonds is 3. The zero-order valence-corrected chi connectivity index (χ0v) is 13.5. The summed E-state index contributed by atoms with van der Waals surface area (Å²) in [6.45, 7) is 1.51. The molecule has 2 aliphatic rings. The number of pyridine rings is 1. The highest BCUT2D eigenvalue weighted by atomic mass is 16.2. The second-order valence-electron chi connectivity index (χ2n) is 6.53. The first-order valence-corrected chi connectivity index (χ1v) is 8.37. The van der Waals surface area contributed by atoms with Crippen LogP contribution >= 0.6 is 0 Å². The monoisotopic (exact) mass is 317 g/mol. The van der Waals surface area contributed by atoms with Gasteiger partial charge in [-0.25, -0.2) is 0 Å². The highest BCUT2D eigenvalue weighted by Crippen LogP contribution is 2.25. The van der Waals surface area contributed by atoms with Crippen LogP contribution in [-0.2, 0) is 11.8 Å². The highest BCUT2D eigenvalue weighted by Gasteiger charge is 2.25. The topological polar surface area (TPSA) is 71.4 Å². The van der Waals surface area contributed by atoms with E-state index in [0.29, 0.717) is 5.56 Å². The number of likely N-dealkylation sites (tertiary alicyclic amines) is 1. The van der Waals surface area contributed by atoms with E-state index in [1.165, 1.54) is 10.6 Å². The Morgan fingerprint density at radius 3 is 2.43 bits per heavy atom. The van der Waals surface area contributed by atoms with Crippen LogP contribution in [0.1, 0.15) is 48.9 Å². The van der Waals surface area contributed by atoms with E-state index < -0.39 is 0 Å². The Labute approximate surface area is 135 Å². The van der Waals surface area contributed by atoms with E-state index in [0.717, 1.165) is 51.6 Å². The van der Waals surface area contributed by atoms with Crippen molar-refractivity contribution < 1.29 is 9.59 Å². The number of anilines is 1. The summed E-state index contributed by atoms with van der Waals surface area (Å²) in [4.78, 5) is 38.8. The maximum Gasteiger partial charge on any atom is 0.274 e. The minimum Gasteiger partial charge on any atom is -0.339 e. The fourth-order valence-electron chi connectivity index (χ4n) is 3.44. The van der Waals surface area contributed by atoms with Gasteiger partial charge in [-0.15, -0.1) is 0 Å². The van der Waals surface area contributed by atoms with E-state index >= 15 is 0 Å². The maximum atomic E-state index is 12.5. The van der Waals surface area contributed by atoms with E-state index in [4.69, 9.17) is 0 Å². The minimum absolute atomic E-state index is 0.0161. The maximum absolute atomic E-state index is 12.5. The van der Waals surface area contributed by atoms with Gasteiger partial charge in [0, 0.05) is 32.3 Å². The highest BCUT2D eigenvalue weighted by molar-refractivity contribution is 5.97. The molecule has 2 amide bonds. The lowest BCUT2D eigenvalue weighted by Gasteiger charge is -2.17. The molecule has 0 atom stereocenters. The zero-order chi connectivity index (χ0) is 16.4. The second-order valence-corrected chi connectivity index (χ2v) is 6.53. The summed E-state index contributed by atoms with van der Waals surface area (Å²) in [5, 5.41) is 2.74. The molecule has 0 unspecified atom stereocenters. The number of aryl methyl sites for hydroxylation is 1. The van der Waals surface area contributed by atoms with Crippen molar-refractivity contribution in [2.45, 2.75) is 38.5 Å². The largest absolute Gasteiger partial charge is 0.339 e. The van der Waals surface area contributed by atoms with Crippen LogP contribution in [0.15, 0.2) is 17.1 Å². The molecule has 1 aromatic rings. The molecule has 1 saturated heterocycles. The number of amides is 2. The first kappa shape index (κ1) is 15.8. The van der Waals surface area contributed by atoms with E-state index in [1.807, 2.05) is 0 Å². The van der Waals surface area contributed by atoms with Gasteiger partial charge in [0.2, 0.25) is 5.91 Å². The molecule has 6 nitrogen and oxygen atoms in total. The Balaban J connectivity index is 1.83. The number of nitrogens with zero attached hydrogens (tertiary/aromatic N) is 2. The summed E-state index contributed by atoms with van der Waals surface area (Å²) in [7, 11) is 1.61. The van der Waals surface area contributed by atoms with Crippen molar-refractivity contribution in [2.24, 2.45) is 13.0 Å². The lowest BCUT2D eigenvalue weighted by atomic mass is 10.1. The first-order valence-electron chi connectivity index (χ1n) is 8.37. The number of hydrogen-bond donors (Lipinski definition) is 1. The average Bonchev–Trinajstić information content (AvgIpc) is 3.23. The fourth-order valence-corrected chi connectivity index (χ4v) is 3.44. The zero-order valence-electron chi connectivity index (χ0n) is 13.5. The summed E-state index contributed by atoms with van der Waals surface area (Å²) in [5.74, 6) is -0.197. The molecule has 1 N–H and O–H groups in total. The Morgan fingerprint density at radius 2 is 1.78 bits per heavy atom. The summed E-state index contributed by atoms with van der Waals surface area (Å²) in [6, 6.07) is 1.52. The van der Waals surface area contributed by atoms with Gasteiger partial charge in [0.05, 0.1) is 5.56 Å². The Bertz CT molecular complexity index is 668. The van der Waals surface area contributed by atoms with Gasteiger partial charge >= 0.3 is 0 Å². The van der Waals surface area contributed by atoms with Crippen LogP contribution < -0.4 is 10.9 Å². The Morgan fingerprint density at radius 1 is 1.13 bits per heavy atom. The molecule has 23 heavy (non-hydrogen) atoms. The lowest BCUT2D eigenvalue weighted by molar-refractivity contribution is -0.119. The number of hydrogen-bond acceptors (Lipinski definition) is 3. The van der Waals surface area contributed by atoms with Gasteiger partial charge in [0.1, 0.15) is 5.69 Å². The van der Waals surface area contributed by atoms with E-state index in [1.54, 1.807) is 18.1 Å². The van der Waals surface area contributed by atoms with Gasteiger partial charge in [-0.2, -0.15) is 0 Å². The van der Waals surface area contributed by atoms with Gasteiger partial charge < -0.3 is 14.8 Å². The molecule has 0 spiro atoms. The molecule has 1 saturated carbocycles. The normalized spacial score (nSPS) is 18.4. The third-order valence-corrected chi connectivity index (χ3v) is 4.81. The van der Waals surface area contributed by atoms with Crippen molar-refractivity contribution in [1.29, 1.82) is 0 Å². The van der Waals surface area contributed by atoms with Crippen LogP contribution in [-0.4, -0.2) is 34.4 Å². The number of nitrogens with one attached hydrogen (secondary N) is 1. The van der Waals surface area contributed by atoms with Gasteiger partial charge in [-0.05, 0) is 31.7 Å². The van der Waals surface area contributed by atoms with E-state index in [9.17, 15) is 14.4 Å². The molecule has 1 aromatic heterocycles. The lowest BCUT2D eigenvalue weighted by Crippen LogP contribution is -2.31. The molecule has 0 bridgehead atoms. The summed E-state index contributed by atoms with van der Waals surface area (Å²) in [5.41, 5.74) is 0.375. The van der Waals surface area contributed by atoms with Crippen LogP contribution in [0, 0.1) is 5.92 Å². The molecule has 3 rings (SSSR count). The molecule has 1 aliphatic heterocycles. The van der Waals surface area contributed by atoms with E-state index in [2.05, 4.69) is 5.32 Å². The molecule has 124 valence electrons. The van der Waals surface area contributed by atoms with Crippen molar-refractivity contribution >= 4 is 17.5 Å². The van der Waals surface area contributed by atoms with Crippen molar-refractivity contribution in [3.63, 3.8) is 0 Å². The standard InChI is InChI=1S/C17H23N3O3/c1-19-11-13(16(22)20-8-4-5-9-20)10-14(17(19)23)18-15(21)12-6-2-3-7-12/h10-12H,2-9H2,1H3,(H,18,21).